The summed E-state index contributed by atoms with van der Waals surface area (Å²) in [7, 11) is 1.70. The lowest BCUT2D eigenvalue weighted by Gasteiger charge is -2.32. The zero-order valence-electron chi connectivity index (χ0n) is 11.4. The minimum atomic E-state index is 0.872. The summed E-state index contributed by atoms with van der Waals surface area (Å²) in [5, 5.41) is 3.44. The number of anilines is 2. The largest absolute Gasteiger partial charge is 0.497 e. The first-order valence-electron chi connectivity index (χ1n) is 6.68. The van der Waals surface area contributed by atoms with Crippen molar-refractivity contribution in [2.45, 2.75) is 6.54 Å². The van der Waals surface area contributed by atoms with Crippen molar-refractivity contribution in [2.75, 3.05) is 30.4 Å². The highest BCUT2D eigenvalue weighted by molar-refractivity contribution is 9.10. The third-order valence-corrected chi connectivity index (χ3v) is 4.33. The molecule has 0 unspecified atom stereocenters. The molecule has 3 rings (SSSR count). The molecule has 0 aliphatic carbocycles. The van der Waals surface area contributed by atoms with Gasteiger partial charge in [-0.25, -0.2) is 0 Å². The van der Waals surface area contributed by atoms with E-state index in [-0.39, 0.29) is 0 Å². The van der Waals surface area contributed by atoms with E-state index in [0.717, 1.165) is 29.9 Å². The summed E-state index contributed by atoms with van der Waals surface area (Å²) in [4.78, 5) is 2.39. The van der Waals surface area contributed by atoms with Crippen LogP contribution in [0.5, 0.6) is 5.75 Å². The molecule has 20 heavy (non-hydrogen) atoms. The second kappa shape index (κ2) is 5.75. The highest BCUT2D eigenvalue weighted by Gasteiger charge is 2.17. The Morgan fingerprint density at radius 1 is 1.25 bits per heavy atom. The van der Waals surface area contributed by atoms with Crippen molar-refractivity contribution in [1.29, 1.82) is 0 Å². The number of rotatable bonds is 3. The first-order chi connectivity index (χ1) is 9.78. The quantitative estimate of drug-likeness (QED) is 0.922. The number of ether oxygens (including phenoxy) is 1. The monoisotopic (exact) mass is 332 g/mol. The lowest BCUT2D eigenvalue weighted by atomic mass is 10.1. The van der Waals surface area contributed by atoms with Crippen LogP contribution >= 0.6 is 15.9 Å². The maximum atomic E-state index is 5.32. The van der Waals surface area contributed by atoms with E-state index in [1.54, 1.807) is 7.11 Å². The van der Waals surface area contributed by atoms with Crippen LogP contribution < -0.4 is 15.0 Å². The molecule has 1 aliphatic heterocycles. The first-order valence-corrected chi connectivity index (χ1v) is 7.47. The van der Waals surface area contributed by atoms with Crippen LogP contribution in [0, 0.1) is 0 Å². The van der Waals surface area contributed by atoms with Crippen molar-refractivity contribution in [2.24, 2.45) is 0 Å². The third-order valence-electron chi connectivity index (χ3n) is 3.56. The SMILES string of the molecule is COc1ccc(Br)c(CN2CCNc3ccccc32)c1. The number of nitrogens with one attached hydrogen (secondary N) is 1. The van der Waals surface area contributed by atoms with E-state index in [0.29, 0.717) is 0 Å². The van der Waals surface area contributed by atoms with Crippen molar-refractivity contribution >= 4 is 27.3 Å². The van der Waals surface area contributed by atoms with Crippen LogP contribution in [0.2, 0.25) is 0 Å². The van der Waals surface area contributed by atoms with Crippen LogP contribution in [0.3, 0.4) is 0 Å². The van der Waals surface area contributed by atoms with Crippen molar-refractivity contribution in [3.8, 4) is 5.75 Å². The van der Waals surface area contributed by atoms with Crippen LogP contribution in [0.15, 0.2) is 46.9 Å². The average molecular weight is 333 g/mol. The van der Waals surface area contributed by atoms with Gasteiger partial charge in [0, 0.05) is 24.1 Å². The van der Waals surface area contributed by atoms with Gasteiger partial charge in [-0.3, -0.25) is 0 Å². The summed E-state index contributed by atoms with van der Waals surface area (Å²) in [5.74, 6) is 0.895. The highest BCUT2D eigenvalue weighted by atomic mass is 79.9. The van der Waals surface area contributed by atoms with Crippen molar-refractivity contribution in [3.05, 3.63) is 52.5 Å². The molecule has 104 valence electrons. The van der Waals surface area contributed by atoms with Gasteiger partial charge in [-0.15, -0.1) is 0 Å². The van der Waals surface area contributed by atoms with Gasteiger partial charge in [0.1, 0.15) is 5.75 Å². The van der Waals surface area contributed by atoms with Gasteiger partial charge in [-0.2, -0.15) is 0 Å². The molecule has 0 aromatic heterocycles. The lowest BCUT2D eigenvalue weighted by Crippen LogP contribution is -2.33. The number of nitrogens with zero attached hydrogens (tertiary/aromatic N) is 1. The predicted molar refractivity (Wildman–Crippen MR) is 86.7 cm³/mol. The Morgan fingerprint density at radius 2 is 2.10 bits per heavy atom. The molecule has 2 aromatic rings. The normalized spacial score (nSPS) is 13.6. The first kappa shape index (κ1) is 13.3. The minimum absolute atomic E-state index is 0.872. The summed E-state index contributed by atoms with van der Waals surface area (Å²) in [6.07, 6.45) is 0. The molecular formula is C16H17BrN2O. The molecule has 1 N–H and O–H groups in total. The van der Waals surface area contributed by atoms with Gasteiger partial charge in [0.05, 0.1) is 18.5 Å². The molecule has 0 radical (unpaired) electrons. The second-order valence-corrected chi connectivity index (χ2v) is 5.68. The Morgan fingerprint density at radius 3 is 2.95 bits per heavy atom. The van der Waals surface area contributed by atoms with E-state index in [2.05, 4.69) is 56.5 Å². The predicted octanol–water partition coefficient (Wildman–Crippen LogP) is 3.89. The Bertz CT molecular complexity index is 615. The highest BCUT2D eigenvalue weighted by Crippen LogP contribution is 2.31. The van der Waals surface area contributed by atoms with Crippen molar-refractivity contribution < 1.29 is 4.74 Å². The fourth-order valence-corrected chi connectivity index (χ4v) is 2.89. The molecule has 0 atom stereocenters. The zero-order chi connectivity index (χ0) is 13.9. The van der Waals surface area contributed by atoms with Crippen LogP contribution in [0.1, 0.15) is 5.56 Å². The average Bonchev–Trinajstić information content (AvgIpc) is 2.50. The molecular weight excluding hydrogens is 316 g/mol. The standard InChI is InChI=1S/C16H17BrN2O/c1-20-13-6-7-14(17)12(10-13)11-19-9-8-18-15-4-2-3-5-16(15)19/h2-7,10,18H,8-9,11H2,1H3. The fraction of sp³-hybridized carbons (Fsp3) is 0.250. The van der Waals surface area contributed by atoms with E-state index >= 15 is 0 Å². The number of benzene rings is 2. The van der Waals surface area contributed by atoms with E-state index in [9.17, 15) is 0 Å². The minimum Gasteiger partial charge on any atom is -0.497 e. The maximum Gasteiger partial charge on any atom is 0.119 e. The second-order valence-electron chi connectivity index (χ2n) is 4.82. The van der Waals surface area contributed by atoms with Crippen LogP contribution in [0.25, 0.3) is 0 Å². The van der Waals surface area contributed by atoms with Gasteiger partial charge in [-0.1, -0.05) is 28.1 Å². The van der Waals surface area contributed by atoms with Gasteiger partial charge in [0.2, 0.25) is 0 Å². The Hall–Kier alpha value is -1.68. The van der Waals surface area contributed by atoms with Gasteiger partial charge in [-0.05, 0) is 35.9 Å². The summed E-state index contributed by atoms with van der Waals surface area (Å²) in [6, 6.07) is 14.5. The van der Waals surface area contributed by atoms with Crippen LogP contribution in [-0.2, 0) is 6.54 Å². The van der Waals surface area contributed by atoms with E-state index < -0.39 is 0 Å². The molecule has 2 aromatic carbocycles. The number of fused-ring (bicyclic) bond motifs is 1. The molecule has 0 saturated carbocycles. The topological polar surface area (TPSA) is 24.5 Å². The molecule has 0 amide bonds. The Kier molecular flexibility index (Phi) is 3.83. The van der Waals surface area contributed by atoms with Gasteiger partial charge >= 0.3 is 0 Å². The fourth-order valence-electron chi connectivity index (χ4n) is 2.51. The van der Waals surface area contributed by atoms with E-state index in [1.807, 2.05) is 12.1 Å². The number of para-hydroxylation sites is 2. The lowest BCUT2D eigenvalue weighted by molar-refractivity contribution is 0.414. The molecule has 0 fully saturated rings. The molecule has 4 heteroatoms. The number of hydrogen-bond donors (Lipinski definition) is 1. The Labute approximate surface area is 127 Å². The summed E-state index contributed by atoms with van der Waals surface area (Å²) in [6.45, 7) is 2.84. The molecule has 0 spiro atoms. The van der Waals surface area contributed by atoms with Gasteiger partial charge in [0.25, 0.3) is 0 Å². The van der Waals surface area contributed by atoms with Gasteiger partial charge in [0.15, 0.2) is 0 Å². The van der Waals surface area contributed by atoms with Crippen molar-refractivity contribution in [1.82, 2.24) is 0 Å². The molecule has 3 nitrogen and oxygen atoms in total. The molecule has 1 heterocycles. The summed E-state index contributed by atoms with van der Waals surface area (Å²) < 4.78 is 6.44. The molecule has 0 saturated heterocycles. The number of hydrogen-bond acceptors (Lipinski definition) is 3. The maximum absolute atomic E-state index is 5.32. The van der Waals surface area contributed by atoms with Crippen LogP contribution in [0.4, 0.5) is 11.4 Å². The van der Waals surface area contributed by atoms with E-state index in [4.69, 9.17) is 4.74 Å². The number of methoxy groups -OCH3 is 1. The third kappa shape index (κ3) is 2.61. The van der Waals surface area contributed by atoms with Gasteiger partial charge < -0.3 is 15.0 Å². The van der Waals surface area contributed by atoms with E-state index in [1.165, 1.54) is 16.9 Å². The number of halogens is 1. The summed E-state index contributed by atoms with van der Waals surface area (Å²) in [5.41, 5.74) is 3.70. The smallest absolute Gasteiger partial charge is 0.119 e. The summed E-state index contributed by atoms with van der Waals surface area (Å²) >= 11 is 3.63. The van der Waals surface area contributed by atoms with Crippen LogP contribution in [-0.4, -0.2) is 20.2 Å². The Balaban J connectivity index is 1.89. The molecule has 0 bridgehead atoms. The van der Waals surface area contributed by atoms with Crippen molar-refractivity contribution in [3.63, 3.8) is 0 Å². The zero-order valence-corrected chi connectivity index (χ0v) is 13.0. The molecule has 1 aliphatic rings.